The molecular formula is C10H16N2O4. The molecule has 0 aliphatic carbocycles. The largest absolute Gasteiger partial charge is 0.480 e. The fourth-order valence-electron chi connectivity index (χ4n) is 2.95. The van der Waals surface area contributed by atoms with Gasteiger partial charge in [0.05, 0.1) is 0 Å². The number of carboxylic acid groups (broad SMARTS) is 2. The van der Waals surface area contributed by atoms with Crippen molar-refractivity contribution in [3.05, 3.63) is 0 Å². The van der Waals surface area contributed by atoms with Crippen LogP contribution < -0.4 is 10.6 Å². The highest BCUT2D eigenvalue weighted by Crippen LogP contribution is 2.38. The van der Waals surface area contributed by atoms with Crippen LogP contribution in [0.1, 0.15) is 25.7 Å². The minimum Gasteiger partial charge on any atom is -0.480 e. The second-order valence-electron chi connectivity index (χ2n) is 4.48. The van der Waals surface area contributed by atoms with Gasteiger partial charge in [0, 0.05) is 0 Å². The number of hydrogen-bond acceptors (Lipinski definition) is 4. The van der Waals surface area contributed by atoms with Crippen LogP contribution in [0.4, 0.5) is 0 Å². The van der Waals surface area contributed by atoms with Crippen molar-refractivity contribution in [2.75, 3.05) is 13.1 Å². The summed E-state index contributed by atoms with van der Waals surface area (Å²) in [5.74, 6) is -2.14. The Bertz CT molecular complexity index is 285. The van der Waals surface area contributed by atoms with Gasteiger partial charge >= 0.3 is 11.9 Å². The summed E-state index contributed by atoms with van der Waals surface area (Å²) >= 11 is 0. The maximum Gasteiger partial charge on any atom is 0.326 e. The van der Waals surface area contributed by atoms with Crippen molar-refractivity contribution in [1.29, 1.82) is 0 Å². The van der Waals surface area contributed by atoms with Crippen LogP contribution in [-0.4, -0.2) is 46.3 Å². The van der Waals surface area contributed by atoms with E-state index >= 15 is 0 Å². The summed E-state index contributed by atoms with van der Waals surface area (Å²) in [5.41, 5.74) is -2.70. The summed E-state index contributed by atoms with van der Waals surface area (Å²) in [5, 5.41) is 24.5. The maximum absolute atomic E-state index is 11.5. The first kappa shape index (κ1) is 11.3. The number of nitrogens with one attached hydrogen (secondary N) is 2. The topological polar surface area (TPSA) is 98.7 Å². The molecular weight excluding hydrogens is 212 g/mol. The molecule has 0 aromatic rings. The summed E-state index contributed by atoms with van der Waals surface area (Å²) in [4.78, 5) is 22.9. The molecule has 2 rings (SSSR count). The Kier molecular flexibility index (Phi) is 2.63. The Morgan fingerprint density at radius 3 is 1.44 bits per heavy atom. The Morgan fingerprint density at radius 1 is 0.875 bits per heavy atom. The first-order valence-electron chi connectivity index (χ1n) is 5.52. The molecule has 6 nitrogen and oxygen atoms in total. The lowest BCUT2D eigenvalue weighted by Crippen LogP contribution is -2.72. The van der Waals surface area contributed by atoms with Gasteiger partial charge in [-0.05, 0) is 38.8 Å². The average Bonchev–Trinajstić information content (AvgIpc) is 2.88. The Labute approximate surface area is 93.0 Å². The van der Waals surface area contributed by atoms with Crippen molar-refractivity contribution in [2.45, 2.75) is 36.8 Å². The standard InChI is InChI=1S/C10H16N2O4/c13-7(14)9(3-1-5-11-9)10(8(15)16)4-2-6-12-10/h11-12H,1-6H2,(H,13,14)(H,15,16)/t9-,10+. The monoisotopic (exact) mass is 228 g/mol. The lowest BCUT2D eigenvalue weighted by atomic mass is 9.74. The predicted molar refractivity (Wildman–Crippen MR) is 55.2 cm³/mol. The van der Waals surface area contributed by atoms with E-state index < -0.39 is 23.0 Å². The summed E-state index contributed by atoms with van der Waals surface area (Å²) in [6, 6.07) is 0. The van der Waals surface area contributed by atoms with E-state index in [1.807, 2.05) is 0 Å². The van der Waals surface area contributed by atoms with Gasteiger partial charge in [-0.2, -0.15) is 0 Å². The molecule has 0 amide bonds. The number of rotatable bonds is 3. The number of hydrogen-bond donors (Lipinski definition) is 4. The fourth-order valence-corrected chi connectivity index (χ4v) is 2.95. The Balaban J connectivity index is 2.44. The van der Waals surface area contributed by atoms with Gasteiger partial charge in [-0.1, -0.05) is 0 Å². The summed E-state index contributed by atoms with van der Waals surface area (Å²) in [6.45, 7) is 1.12. The molecule has 6 heteroatoms. The van der Waals surface area contributed by atoms with Crippen molar-refractivity contribution in [3.8, 4) is 0 Å². The normalized spacial score (nSPS) is 38.8. The van der Waals surface area contributed by atoms with E-state index in [9.17, 15) is 19.8 Å². The van der Waals surface area contributed by atoms with E-state index in [1.54, 1.807) is 0 Å². The number of carbonyl (C=O) groups is 2. The second kappa shape index (κ2) is 3.71. The van der Waals surface area contributed by atoms with Crippen LogP contribution in [0.5, 0.6) is 0 Å². The van der Waals surface area contributed by atoms with Crippen molar-refractivity contribution < 1.29 is 19.8 Å². The lowest BCUT2D eigenvalue weighted by molar-refractivity contribution is -0.160. The Hall–Kier alpha value is -1.14. The van der Waals surface area contributed by atoms with Gasteiger partial charge in [-0.25, -0.2) is 0 Å². The SMILES string of the molecule is O=C(O)[C@]1([C@]2(C(=O)O)CCCN2)CCCN1. The van der Waals surface area contributed by atoms with E-state index in [4.69, 9.17) is 0 Å². The maximum atomic E-state index is 11.5. The lowest BCUT2D eigenvalue weighted by Gasteiger charge is -2.40. The molecule has 0 unspecified atom stereocenters. The zero-order valence-electron chi connectivity index (χ0n) is 8.95. The van der Waals surface area contributed by atoms with Gasteiger partial charge in [0.25, 0.3) is 0 Å². The minimum atomic E-state index is -1.35. The van der Waals surface area contributed by atoms with E-state index in [0.717, 1.165) is 0 Å². The summed E-state index contributed by atoms with van der Waals surface area (Å²) in [6.07, 6.45) is 2.12. The molecule has 0 aromatic carbocycles. The van der Waals surface area contributed by atoms with Crippen LogP contribution in [0.2, 0.25) is 0 Å². The van der Waals surface area contributed by atoms with Crippen LogP contribution in [-0.2, 0) is 9.59 Å². The third kappa shape index (κ3) is 1.26. The highest BCUT2D eigenvalue weighted by molar-refractivity contribution is 5.93. The number of carboxylic acids is 2. The van der Waals surface area contributed by atoms with E-state index in [2.05, 4.69) is 10.6 Å². The molecule has 0 bridgehead atoms. The molecule has 2 fully saturated rings. The molecule has 2 atom stereocenters. The van der Waals surface area contributed by atoms with Gasteiger partial charge in [0.2, 0.25) is 0 Å². The molecule has 16 heavy (non-hydrogen) atoms. The molecule has 2 aliphatic rings. The van der Waals surface area contributed by atoms with Crippen LogP contribution >= 0.6 is 0 Å². The molecule has 0 spiro atoms. The van der Waals surface area contributed by atoms with Gasteiger partial charge in [-0.3, -0.25) is 20.2 Å². The van der Waals surface area contributed by atoms with E-state index in [1.165, 1.54) is 0 Å². The van der Waals surface area contributed by atoms with Crippen LogP contribution in [0, 0.1) is 0 Å². The molecule has 0 aromatic heterocycles. The predicted octanol–water partition coefficient (Wildman–Crippen LogP) is -0.600. The van der Waals surface area contributed by atoms with E-state index in [-0.39, 0.29) is 0 Å². The van der Waals surface area contributed by atoms with Gasteiger partial charge in [0.15, 0.2) is 0 Å². The summed E-state index contributed by atoms with van der Waals surface area (Å²) < 4.78 is 0. The highest BCUT2D eigenvalue weighted by atomic mass is 16.4. The van der Waals surface area contributed by atoms with Crippen LogP contribution in [0.25, 0.3) is 0 Å². The molecule has 2 saturated heterocycles. The minimum absolute atomic E-state index is 0.363. The Morgan fingerprint density at radius 2 is 1.25 bits per heavy atom. The zero-order valence-corrected chi connectivity index (χ0v) is 8.95. The highest BCUT2D eigenvalue weighted by Gasteiger charge is 2.63. The fraction of sp³-hybridized carbons (Fsp3) is 0.800. The van der Waals surface area contributed by atoms with Gasteiger partial charge in [-0.15, -0.1) is 0 Å². The second-order valence-corrected chi connectivity index (χ2v) is 4.48. The average molecular weight is 228 g/mol. The van der Waals surface area contributed by atoms with Crippen LogP contribution in [0.3, 0.4) is 0 Å². The smallest absolute Gasteiger partial charge is 0.326 e. The van der Waals surface area contributed by atoms with E-state index in [0.29, 0.717) is 38.8 Å². The molecule has 4 N–H and O–H groups in total. The van der Waals surface area contributed by atoms with Crippen molar-refractivity contribution in [1.82, 2.24) is 10.6 Å². The summed E-state index contributed by atoms with van der Waals surface area (Å²) in [7, 11) is 0. The van der Waals surface area contributed by atoms with Crippen LogP contribution in [0.15, 0.2) is 0 Å². The third-order valence-electron chi connectivity index (χ3n) is 3.77. The third-order valence-corrected chi connectivity index (χ3v) is 3.77. The molecule has 90 valence electrons. The van der Waals surface area contributed by atoms with Gasteiger partial charge < -0.3 is 10.2 Å². The number of aliphatic carboxylic acids is 2. The molecule has 2 heterocycles. The first-order valence-corrected chi connectivity index (χ1v) is 5.52. The molecule has 0 radical (unpaired) electrons. The van der Waals surface area contributed by atoms with Crippen molar-refractivity contribution in [2.24, 2.45) is 0 Å². The molecule has 0 saturated carbocycles. The zero-order chi connectivity index (χ0) is 11.8. The van der Waals surface area contributed by atoms with Crippen molar-refractivity contribution in [3.63, 3.8) is 0 Å². The molecule has 2 aliphatic heterocycles. The van der Waals surface area contributed by atoms with Gasteiger partial charge in [0.1, 0.15) is 11.1 Å². The first-order chi connectivity index (χ1) is 7.55. The quantitative estimate of drug-likeness (QED) is 0.515. The van der Waals surface area contributed by atoms with Crippen molar-refractivity contribution >= 4 is 11.9 Å².